The van der Waals surface area contributed by atoms with Crippen LogP contribution < -0.4 is 4.90 Å². The van der Waals surface area contributed by atoms with E-state index in [1.54, 1.807) is 0 Å². The van der Waals surface area contributed by atoms with Crippen molar-refractivity contribution in [2.24, 2.45) is 5.92 Å². The Labute approximate surface area is 111 Å². The van der Waals surface area contributed by atoms with Crippen LogP contribution in [0.2, 0.25) is 0 Å². The molecule has 1 aliphatic rings. The van der Waals surface area contributed by atoms with E-state index in [0.717, 1.165) is 30.6 Å². The highest BCUT2D eigenvalue weighted by atomic mass is 15.2. The zero-order valence-electron chi connectivity index (χ0n) is 12.1. The predicted octanol–water partition coefficient (Wildman–Crippen LogP) is 3.40. The molecule has 2 heterocycles. The second-order valence-corrected chi connectivity index (χ2v) is 6.33. The molecule has 0 aliphatic carbocycles. The van der Waals surface area contributed by atoms with Crippen LogP contribution in [0.5, 0.6) is 0 Å². The van der Waals surface area contributed by atoms with Crippen LogP contribution in [0.1, 0.15) is 52.7 Å². The van der Waals surface area contributed by atoms with Gasteiger partial charge in [0.05, 0.1) is 5.69 Å². The van der Waals surface area contributed by atoms with Crippen molar-refractivity contribution in [3.8, 4) is 0 Å². The summed E-state index contributed by atoms with van der Waals surface area (Å²) in [5, 5.41) is 0. The van der Waals surface area contributed by atoms with Gasteiger partial charge in [-0.25, -0.2) is 9.97 Å². The topological polar surface area (TPSA) is 29.0 Å². The Balaban J connectivity index is 2.10. The minimum Gasteiger partial charge on any atom is -0.341 e. The minimum atomic E-state index is 0.0967. The summed E-state index contributed by atoms with van der Waals surface area (Å²) in [6.45, 7) is 11.1. The number of nitrogens with zero attached hydrogens (tertiary/aromatic N) is 3. The highest BCUT2D eigenvalue weighted by molar-refractivity contribution is 5.32. The Morgan fingerprint density at radius 1 is 1.28 bits per heavy atom. The average molecular weight is 247 g/mol. The van der Waals surface area contributed by atoms with Gasteiger partial charge >= 0.3 is 0 Å². The summed E-state index contributed by atoms with van der Waals surface area (Å²) in [6.07, 6.45) is 5.75. The SMILES string of the molecule is CCC1CCN(c2nccc(C(C)(C)C)n2)CC1. The quantitative estimate of drug-likeness (QED) is 0.802. The molecular formula is C15H25N3. The summed E-state index contributed by atoms with van der Waals surface area (Å²) in [5.74, 6) is 1.81. The largest absolute Gasteiger partial charge is 0.341 e. The molecule has 0 atom stereocenters. The third-order valence-electron chi connectivity index (χ3n) is 3.89. The Kier molecular flexibility index (Phi) is 3.88. The average Bonchev–Trinajstić information content (AvgIpc) is 2.38. The van der Waals surface area contributed by atoms with Gasteiger partial charge in [0.15, 0.2) is 0 Å². The van der Waals surface area contributed by atoms with Gasteiger partial charge in [-0.2, -0.15) is 0 Å². The molecule has 3 heteroatoms. The standard InChI is InChI=1S/C15H25N3/c1-5-12-7-10-18(11-8-12)14-16-9-6-13(17-14)15(2,3)4/h6,9,12H,5,7-8,10-11H2,1-4H3. The van der Waals surface area contributed by atoms with Crippen LogP contribution in [0.25, 0.3) is 0 Å². The van der Waals surface area contributed by atoms with E-state index >= 15 is 0 Å². The molecule has 1 fully saturated rings. The summed E-state index contributed by atoms with van der Waals surface area (Å²) in [4.78, 5) is 11.5. The molecule has 0 N–H and O–H groups in total. The molecule has 0 spiro atoms. The van der Waals surface area contributed by atoms with Gasteiger partial charge in [0.2, 0.25) is 5.95 Å². The summed E-state index contributed by atoms with van der Waals surface area (Å²) >= 11 is 0. The summed E-state index contributed by atoms with van der Waals surface area (Å²) < 4.78 is 0. The lowest BCUT2D eigenvalue weighted by atomic mass is 9.92. The van der Waals surface area contributed by atoms with Crippen molar-refractivity contribution < 1.29 is 0 Å². The van der Waals surface area contributed by atoms with Crippen LogP contribution in [0, 0.1) is 5.92 Å². The maximum absolute atomic E-state index is 4.73. The minimum absolute atomic E-state index is 0.0967. The van der Waals surface area contributed by atoms with Gasteiger partial charge in [0.1, 0.15) is 0 Å². The predicted molar refractivity (Wildman–Crippen MR) is 76.0 cm³/mol. The molecule has 2 rings (SSSR count). The van der Waals surface area contributed by atoms with Crippen molar-refractivity contribution in [2.45, 2.75) is 52.4 Å². The van der Waals surface area contributed by atoms with E-state index in [2.05, 4.69) is 37.6 Å². The van der Waals surface area contributed by atoms with Gasteiger partial charge in [-0.05, 0) is 24.8 Å². The van der Waals surface area contributed by atoms with Gasteiger partial charge in [0, 0.05) is 24.7 Å². The molecule has 1 aliphatic heterocycles. The monoisotopic (exact) mass is 247 g/mol. The first-order valence-corrected chi connectivity index (χ1v) is 7.09. The lowest BCUT2D eigenvalue weighted by Crippen LogP contribution is -2.35. The first kappa shape index (κ1) is 13.3. The maximum atomic E-state index is 4.73. The fourth-order valence-corrected chi connectivity index (χ4v) is 2.46. The van der Waals surface area contributed by atoms with E-state index in [-0.39, 0.29) is 5.41 Å². The number of rotatable bonds is 2. The molecule has 100 valence electrons. The fourth-order valence-electron chi connectivity index (χ4n) is 2.46. The lowest BCUT2D eigenvalue weighted by molar-refractivity contribution is 0.391. The van der Waals surface area contributed by atoms with Crippen molar-refractivity contribution in [3.05, 3.63) is 18.0 Å². The Bertz CT molecular complexity index is 387. The molecule has 3 nitrogen and oxygen atoms in total. The molecule has 0 saturated carbocycles. The molecule has 1 aromatic rings. The Hall–Kier alpha value is -1.12. The molecule has 0 radical (unpaired) electrons. The smallest absolute Gasteiger partial charge is 0.225 e. The van der Waals surface area contributed by atoms with Crippen molar-refractivity contribution in [1.29, 1.82) is 0 Å². The summed E-state index contributed by atoms with van der Waals surface area (Å²) in [7, 11) is 0. The first-order valence-electron chi connectivity index (χ1n) is 7.09. The van der Waals surface area contributed by atoms with Gasteiger partial charge in [-0.3, -0.25) is 0 Å². The van der Waals surface area contributed by atoms with Crippen molar-refractivity contribution >= 4 is 5.95 Å². The Morgan fingerprint density at radius 2 is 1.94 bits per heavy atom. The van der Waals surface area contributed by atoms with Gasteiger partial charge < -0.3 is 4.90 Å². The first-order chi connectivity index (χ1) is 8.50. The third kappa shape index (κ3) is 3.01. The van der Waals surface area contributed by atoms with Crippen molar-refractivity contribution in [1.82, 2.24) is 9.97 Å². The zero-order chi connectivity index (χ0) is 13.2. The van der Waals surface area contributed by atoms with Crippen molar-refractivity contribution in [2.75, 3.05) is 18.0 Å². The molecule has 0 unspecified atom stereocenters. The maximum Gasteiger partial charge on any atom is 0.225 e. The van der Waals surface area contributed by atoms with Crippen LogP contribution in [-0.4, -0.2) is 23.1 Å². The van der Waals surface area contributed by atoms with E-state index in [1.807, 2.05) is 12.3 Å². The lowest BCUT2D eigenvalue weighted by Gasteiger charge is -2.32. The summed E-state index contributed by atoms with van der Waals surface area (Å²) in [6, 6.07) is 2.03. The van der Waals surface area contributed by atoms with E-state index in [4.69, 9.17) is 4.98 Å². The number of anilines is 1. The van der Waals surface area contributed by atoms with Crippen molar-refractivity contribution in [3.63, 3.8) is 0 Å². The number of aromatic nitrogens is 2. The van der Waals surface area contributed by atoms with Crippen LogP contribution in [0.15, 0.2) is 12.3 Å². The third-order valence-corrected chi connectivity index (χ3v) is 3.89. The van der Waals surface area contributed by atoms with E-state index < -0.39 is 0 Å². The molecule has 0 bridgehead atoms. The normalized spacial score (nSPS) is 18.1. The van der Waals surface area contributed by atoms with Gasteiger partial charge in [-0.15, -0.1) is 0 Å². The highest BCUT2D eigenvalue weighted by Gasteiger charge is 2.21. The zero-order valence-corrected chi connectivity index (χ0v) is 12.1. The van der Waals surface area contributed by atoms with E-state index in [1.165, 1.54) is 19.3 Å². The number of piperidine rings is 1. The van der Waals surface area contributed by atoms with Crippen LogP contribution >= 0.6 is 0 Å². The highest BCUT2D eigenvalue weighted by Crippen LogP contribution is 2.25. The number of hydrogen-bond acceptors (Lipinski definition) is 3. The Morgan fingerprint density at radius 3 is 2.50 bits per heavy atom. The van der Waals surface area contributed by atoms with Crippen LogP contribution in [-0.2, 0) is 5.41 Å². The van der Waals surface area contributed by atoms with E-state index in [9.17, 15) is 0 Å². The molecule has 18 heavy (non-hydrogen) atoms. The molecule has 1 saturated heterocycles. The van der Waals surface area contributed by atoms with Crippen LogP contribution in [0.4, 0.5) is 5.95 Å². The molecule has 1 aromatic heterocycles. The second kappa shape index (κ2) is 5.25. The number of hydrogen-bond donors (Lipinski definition) is 0. The second-order valence-electron chi connectivity index (χ2n) is 6.33. The van der Waals surface area contributed by atoms with Gasteiger partial charge in [0.25, 0.3) is 0 Å². The van der Waals surface area contributed by atoms with E-state index in [0.29, 0.717) is 0 Å². The molecule has 0 aromatic carbocycles. The molecular weight excluding hydrogens is 222 g/mol. The van der Waals surface area contributed by atoms with Gasteiger partial charge in [-0.1, -0.05) is 34.1 Å². The van der Waals surface area contributed by atoms with Crippen LogP contribution in [0.3, 0.4) is 0 Å². The molecule has 0 amide bonds. The fraction of sp³-hybridized carbons (Fsp3) is 0.733. The summed E-state index contributed by atoms with van der Waals surface area (Å²) in [5.41, 5.74) is 1.23.